The molecule has 34 heavy (non-hydrogen) atoms. The number of carbonyl (C=O) groups excluding carboxylic acids is 2. The van der Waals surface area contributed by atoms with Crippen molar-refractivity contribution < 1.29 is 14.0 Å². The van der Waals surface area contributed by atoms with Crippen LogP contribution in [0.4, 0.5) is 5.69 Å². The third-order valence-corrected chi connectivity index (χ3v) is 7.53. The fourth-order valence-electron chi connectivity index (χ4n) is 3.36. The van der Waals surface area contributed by atoms with Crippen LogP contribution >= 0.6 is 50.9 Å². The fraction of sp³-hybridized carbons (Fsp3) is 0.125. The molecule has 0 aliphatic carbocycles. The largest absolute Gasteiger partial charge is 0.467 e. The van der Waals surface area contributed by atoms with Gasteiger partial charge in [0, 0.05) is 10.2 Å². The molecule has 10 heteroatoms. The van der Waals surface area contributed by atoms with E-state index in [1.54, 1.807) is 54.6 Å². The second-order valence-electron chi connectivity index (χ2n) is 7.26. The van der Waals surface area contributed by atoms with E-state index < -0.39 is 11.2 Å². The van der Waals surface area contributed by atoms with Gasteiger partial charge in [0.1, 0.15) is 22.4 Å². The van der Waals surface area contributed by atoms with Gasteiger partial charge in [-0.1, -0.05) is 57.0 Å². The Morgan fingerprint density at radius 1 is 1.18 bits per heavy atom. The van der Waals surface area contributed by atoms with E-state index in [-0.39, 0.29) is 23.1 Å². The number of hydrogen-bond acceptors (Lipinski definition) is 5. The van der Waals surface area contributed by atoms with Gasteiger partial charge in [0.15, 0.2) is 0 Å². The van der Waals surface area contributed by atoms with Crippen molar-refractivity contribution >= 4 is 68.4 Å². The quantitative estimate of drug-likeness (QED) is 0.283. The molecule has 1 aromatic heterocycles. The molecule has 172 valence electrons. The summed E-state index contributed by atoms with van der Waals surface area (Å²) >= 11 is 16.7. The standard InChI is InChI=1S/C24H16BrCl2N3O3S/c25-15-4-6-16(7-5-15)30-23(32)21(11-14-3-8-19(26)20(27)10-14)34-24(30)18(12-28)22(31)29-13-17-2-1-9-33-17/h1-10,21H,11,13H2,(H,29,31)/b24-18-/t21-/m1/s1. The lowest BCUT2D eigenvalue weighted by atomic mass is 10.1. The van der Waals surface area contributed by atoms with Crippen LogP contribution in [0.25, 0.3) is 0 Å². The van der Waals surface area contributed by atoms with Crippen LogP contribution in [-0.2, 0) is 22.6 Å². The lowest BCUT2D eigenvalue weighted by Gasteiger charge is -2.18. The number of nitrogens with zero attached hydrogens (tertiary/aromatic N) is 2. The summed E-state index contributed by atoms with van der Waals surface area (Å²) in [5, 5.41) is 13.1. The Bertz CT molecular complexity index is 1300. The molecule has 0 spiro atoms. The normalized spacial score (nSPS) is 16.9. The smallest absolute Gasteiger partial charge is 0.265 e. The number of nitrogens with one attached hydrogen (secondary N) is 1. The number of rotatable bonds is 6. The van der Waals surface area contributed by atoms with E-state index in [1.807, 2.05) is 6.07 Å². The molecule has 0 unspecified atom stereocenters. The van der Waals surface area contributed by atoms with Crippen molar-refractivity contribution in [1.82, 2.24) is 5.32 Å². The Morgan fingerprint density at radius 2 is 1.94 bits per heavy atom. The van der Waals surface area contributed by atoms with Gasteiger partial charge >= 0.3 is 0 Å². The van der Waals surface area contributed by atoms with E-state index >= 15 is 0 Å². The zero-order valence-corrected chi connectivity index (χ0v) is 21.3. The van der Waals surface area contributed by atoms with Gasteiger partial charge < -0.3 is 9.73 Å². The molecule has 3 aromatic rings. The first-order valence-corrected chi connectivity index (χ1v) is 12.5. The van der Waals surface area contributed by atoms with E-state index in [1.165, 1.54) is 22.9 Å². The number of halogens is 3. The predicted molar refractivity (Wildman–Crippen MR) is 136 cm³/mol. The van der Waals surface area contributed by atoms with Crippen LogP contribution in [0.2, 0.25) is 10.0 Å². The highest BCUT2D eigenvalue weighted by Crippen LogP contribution is 2.42. The van der Waals surface area contributed by atoms with Crippen molar-refractivity contribution in [2.45, 2.75) is 18.2 Å². The first kappa shape index (κ1) is 24.4. The molecule has 1 aliphatic rings. The van der Waals surface area contributed by atoms with Gasteiger partial charge in [-0.2, -0.15) is 5.26 Å². The molecule has 0 saturated carbocycles. The minimum Gasteiger partial charge on any atom is -0.467 e. The van der Waals surface area contributed by atoms with Crippen molar-refractivity contribution in [3.05, 3.63) is 97.3 Å². The van der Waals surface area contributed by atoms with Gasteiger partial charge in [-0.05, 0) is 60.5 Å². The Hall–Kier alpha value is -2.70. The summed E-state index contributed by atoms with van der Waals surface area (Å²) in [6.45, 7) is 0.119. The minimum absolute atomic E-state index is 0.119. The van der Waals surface area contributed by atoms with Crippen molar-refractivity contribution in [3.8, 4) is 6.07 Å². The number of furan rings is 1. The molecular formula is C24H16BrCl2N3O3S. The van der Waals surface area contributed by atoms with Gasteiger partial charge in [-0.15, -0.1) is 0 Å². The summed E-state index contributed by atoms with van der Waals surface area (Å²) in [5.74, 6) is -0.278. The Kier molecular flexibility index (Phi) is 7.69. The molecule has 1 atom stereocenters. The van der Waals surface area contributed by atoms with Crippen molar-refractivity contribution in [2.75, 3.05) is 4.90 Å². The number of thioether (sulfide) groups is 1. The summed E-state index contributed by atoms with van der Waals surface area (Å²) in [6, 6.07) is 17.7. The molecule has 0 radical (unpaired) electrons. The summed E-state index contributed by atoms with van der Waals surface area (Å²) in [6.07, 6.45) is 1.85. The van der Waals surface area contributed by atoms with Crippen molar-refractivity contribution in [3.63, 3.8) is 0 Å². The molecule has 2 heterocycles. The van der Waals surface area contributed by atoms with E-state index in [0.29, 0.717) is 27.9 Å². The topological polar surface area (TPSA) is 86.3 Å². The minimum atomic E-state index is -0.591. The molecule has 2 aromatic carbocycles. The van der Waals surface area contributed by atoms with Gasteiger partial charge in [-0.3, -0.25) is 14.5 Å². The van der Waals surface area contributed by atoms with E-state index in [2.05, 4.69) is 21.2 Å². The average Bonchev–Trinajstić information content (AvgIpc) is 3.45. The Labute approximate surface area is 218 Å². The third-order valence-electron chi connectivity index (χ3n) is 5.00. The molecule has 1 saturated heterocycles. The summed E-state index contributed by atoms with van der Waals surface area (Å²) < 4.78 is 6.07. The lowest BCUT2D eigenvalue weighted by molar-refractivity contribution is -0.117. The lowest BCUT2D eigenvalue weighted by Crippen LogP contribution is -2.32. The highest BCUT2D eigenvalue weighted by atomic mass is 79.9. The monoisotopic (exact) mass is 575 g/mol. The average molecular weight is 577 g/mol. The first-order valence-electron chi connectivity index (χ1n) is 10.0. The Morgan fingerprint density at radius 3 is 2.59 bits per heavy atom. The third kappa shape index (κ3) is 5.34. The predicted octanol–water partition coefficient (Wildman–Crippen LogP) is 6.09. The molecule has 1 aliphatic heterocycles. The van der Waals surface area contributed by atoms with Crippen LogP contribution in [0, 0.1) is 11.3 Å². The number of hydrogen-bond donors (Lipinski definition) is 1. The zero-order valence-electron chi connectivity index (χ0n) is 17.4. The molecule has 0 bridgehead atoms. The van der Waals surface area contributed by atoms with Crippen LogP contribution < -0.4 is 10.2 Å². The van der Waals surface area contributed by atoms with Crippen LogP contribution in [0.5, 0.6) is 0 Å². The fourth-order valence-corrected chi connectivity index (χ4v) is 5.26. The van der Waals surface area contributed by atoms with Gasteiger partial charge in [0.25, 0.3) is 5.91 Å². The Balaban J connectivity index is 1.68. The first-order chi connectivity index (χ1) is 16.4. The maximum atomic E-state index is 13.5. The zero-order chi connectivity index (χ0) is 24.2. The van der Waals surface area contributed by atoms with Gasteiger partial charge in [0.05, 0.1) is 28.1 Å². The maximum absolute atomic E-state index is 13.5. The molecule has 2 amide bonds. The van der Waals surface area contributed by atoms with Crippen LogP contribution in [0.15, 0.2) is 80.4 Å². The number of amides is 2. The van der Waals surface area contributed by atoms with Crippen molar-refractivity contribution in [2.24, 2.45) is 0 Å². The molecule has 1 N–H and O–H groups in total. The summed E-state index contributed by atoms with van der Waals surface area (Å²) in [7, 11) is 0. The van der Waals surface area contributed by atoms with Crippen LogP contribution in [0.1, 0.15) is 11.3 Å². The van der Waals surface area contributed by atoms with E-state index in [0.717, 1.165) is 10.0 Å². The summed E-state index contributed by atoms with van der Waals surface area (Å²) in [5.41, 5.74) is 1.22. The SMILES string of the molecule is N#C/C(C(=O)NCc1ccco1)=C1/S[C@H](Cc2ccc(Cl)c(Cl)c2)C(=O)N1c1ccc(Br)cc1. The van der Waals surface area contributed by atoms with Gasteiger partial charge in [-0.25, -0.2) is 0 Å². The second kappa shape index (κ2) is 10.7. The van der Waals surface area contributed by atoms with E-state index in [9.17, 15) is 14.9 Å². The van der Waals surface area contributed by atoms with Crippen LogP contribution in [-0.4, -0.2) is 17.1 Å². The van der Waals surface area contributed by atoms with Crippen LogP contribution in [0.3, 0.4) is 0 Å². The van der Waals surface area contributed by atoms with E-state index in [4.69, 9.17) is 27.6 Å². The number of nitriles is 1. The van der Waals surface area contributed by atoms with Gasteiger partial charge in [0.2, 0.25) is 5.91 Å². The summed E-state index contributed by atoms with van der Waals surface area (Å²) in [4.78, 5) is 27.8. The number of carbonyl (C=O) groups is 2. The highest BCUT2D eigenvalue weighted by Gasteiger charge is 2.40. The highest BCUT2D eigenvalue weighted by molar-refractivity contribution is 9.10. The second-order valence-corrected chi connectivity index (χ2v) is 10.2. The van der Waals surface area contributed by atoms with Crippen molar-refractivity contribution in [1.29, 1.82) is 5.26 Å². The molecular weight excluding hydrogens is 561 g/mol. The maximum Gasteiger partial charge on any atom is 0.265 e. The molecule has 1 fully saturated rings. The number of benzene rings is 2. The number of anilines is 1. The molecule has 6 nitrogen and oxygen atoms in total. The molecule has 4 rings (SSSR count).